The Labute approximate surface area is 134 Å². The van der Waals surface area contributed by atoms with Crippen molar-refractivity contribution in [2.24, 2.45) is 0 Å². The maximum atomic E-state index is 5.98. The lowest BCUT2D eigenvalue weighted by atomic mass is 10.2. The van der Waals surface area contributed by atoms with Gasteiger partial charge in [0.25, 0.3) is 0 Å². The predicted octanol–water partition coefficient (Wildman–Crippen LogP) is 3.83. The van der Waals surface area contributed by atoms with Gasteiger partial charge in [0.05, 0.1) is 16.3 Å². The predicted molar refractivity (Wildman–Crippen MR) is 88.0 cm³/mol. The van der Waals surface area contributed by atoms with E-state index in [1.54, 1.807) is 11.3 Å². The third-order valence-electron chi connectivity index (χ3n) is 3.14. The molecule has 0 aliphatic rings. The van der Waals surface area contributed by atoms with E-state index >= 15 is 0 Å². The van der Waals surface area contributed by atoms with E-state index < -0.39 is 0 Å². The number of thiophene rings is 1. The van der Waals surface area contributed by atoms with Gasteiger partial charge >= 0.3 is 0 Å². The molecule has 2 aromatic rings. The highest BCUT2D eigenvalue weighted by Crippen LogP contribution is 2.25. The summed E-state index contributed by atoms with van der Waals surface area (Å²) in [5.74, 6) is 0. The molecule has 0 aromatic carbocycles. The number of hydrogen-bond donors (Lipinski definition) is 1. The molecule has 6 heteroatoms. The van der Waals surface area contributed by atoms with Crippen LogP contribution in [-0.2, 0) is 16.0 Å². The van der Waals surface area contributed by atoms with Crippen LogP contribution < -0.4 is 5.32 Å². The number of hydrogen-bond acceptors (Lipinski definition) is 5. The second-order valence-electron chi connectivity index (χ2n) is 4.69. The average Bonchev–Trinajstić information content (AvgIpc) is 2.87. The number of ether oxygens (including phenoxy) is 2. The number of nitrogens with zero attached hydrogens (tertiary/aromatic N) is 1. The zero-order chi connectivity index (χ0) is 15.2. The normalized spacial score (nSPS) is 13.2. The van der Waals surface area contributed by atoms with Crippen LogP contribution in [0.1, 0.15) is 26.3 Å². The summed E-state index contributed by atoms with van der Waals surface area (Å²) < 4.78 is 12.4. The van der Waals surface area contributed by atoms with Gasteiger partial charge in [0.15, 0.2) is 6.29 Å². The summed E-state index contributed by atoms with van der Waals surface area (Å²) in [6.45, 7) is 7.98. The average molecular weight is 329 g/mol. The van der Waals surface area contributed by atoms with Crippen LogP contribution in [0.5, 0.6) is 0 Å². The Hall–Kier alpha value is -0.720. The molecular formula is C15H21ClN2O2S. The van der Waals surface area contributed by atoms with Crippen molar-refractivity contribution < 1.29 is 9.47 Å². The van der Waals surface area contributed by atoms with E-state index in [1.807, 2.05) is 26.0 Å². The fourth-order valence-electron chi connectivity index (χ4n) is 2.10. The van der Waals surface area contributed by atoms with E-state index in [9.17, 15) is 0 Å². The van der Waals surface area contributed by atoms with Crippen molar-refractivity contribution in [3.63, 3.8) is 0 Å². The summed E-state index contributed by atoms with van der Waals surface area (Å²) in [5, 5.41) is 6.08. The van der Waals surface area contributed by atoms with Crippen molar-refractivity contribution >= 4 is 33.2 Å². The molecule has 0 saturated carbocycles. The molecule has 0 spiro atoms. The van der Waals surface area contributed by atoms with Gasteiger partial charge in [-0.1, -0.05) is 11.6 Å². The molecule has 1 atom stereocenters. The Morgan fingerprint density at radius 2 is 2.00 bits per heavy atom. The number of rotatable bonds is 8. The Bertz CT molecular complexity index is 570. The molecule has 0 fully saturated rings. The monoisotopic (exact) mass is 328 g/mol. The maximum absolute atomic E-state index is 5.98. The van der Waals surface area contributed by atoms with Crippen LogP contribution in [0.25, 0.3) is 10.2 Å². The number of halogens is 1. The van der Waals surface area contributed by atoms with Crippen molar-refractivity contribution in [2.45, 2.75) is 39.6 Å². The quantitative estimate of drug-likeness (QED) is 0.591. The minimum absolute atomic E-state index is 0.0963. The lowest BCUT2D eigenvalue weighted by Gasteiger charge is -2.24. The van der Waals surface area contributed by atoms with Gasteiger partial charge in [-0.2, -0.15) is 0 Å². The van der Waals surface area contributed by atoms with Gasteiger partial charge in [-0.25, -0.2) is 4.98 Å². The van der Waals surface area contributed by atoms with Gasteiger partial charge in [-0.15, -0.1) is 11.3 Å². The highest BCUT2D eigenvalue weighted by atomic mass is 35.5. The fourth-order valence-corrected chi connectivity index (χ4v) is 3.14. The Balaban J connectivity index is 2.01. The minimum atomic E-state index is -0.235. The van der Waals surface area contributed by atoms with Gasteiger partial charge in [-0.3, -0.25) is 0 Å². The SMILES string of the molecule is CCOC(OCC)C(C)NCc1csc2ccc(Cl)nc12. The van der Waals surface area contributed by atoms with Crippen molar-refractivity contribution in [3.05, 3.63) is 28.2 Å². The first-order valence-corrected chi connectivity index (χ1v) is 8.40. The molecule has 0 radical (unpaired) electrons. The van der Waals surface area contributed by atoms with E-state index in [2.05, 4.69) is 22.6 Å². The molecule has 2 rings (SSSR count). The molecule has 0 aliphatic heterocycles. The third kappa shape index (κ3) is 4.37. The second kappa shape index (κ2) is 8.06. The zero-order valence-corrected chi connectivity index (χ0v) is 14.1. The number of nitrogens with one attached hydrogen (secondary N) is 1. The van der Waals surface area contributed by atoms with E-state index in [4.69, 9.17) is 21.1 Å². The Morgan fingerprint density at radius 1 is 1.29 bits per heavy atom. The maximum Gasteiger partial charge on any atom is 0.172 e. The van der Waals surface area contributed by atoms with Crippen LogP contribution in [0.2, 0.25) is 5.15 Å². The Morgan fingerprint density at radius 3 is 2.67 bits per heavy atom. The highest BCUT2D eigenvalue weighted by molar-refractivity contribution is 7.17. The molecule has 2 aromatic heterocycles. The van der Waals surface area contributed by atoms with Crippen LogP contribution in [0.15, 0.2) is 17.5 Å². The first kappa shape index (κ1) is 16.6. The molecule has 0 bridgehead atoms. The van der Waals surface area contributed by atoms with Crippen molar-refractivity contribution in [3.8, 4) is 0 Å². The van der Waals surface area contributed by atoms with Crippen molar-refractivity contribution in [1.29, 1.82) is 0 Å². The molecular weight excluding hydrogens is 308 g/mol. The minimum Gasteiger partial charge on any atom is -0.351 e. The summed E-state index contributed by atoms with van der Waals surface area (Å²) in [5.41, 5.74) is 2.12. The first-order valence-electron chi connectivity index (χ1n) is 7.14. The molecule has 2 heterocycles. The van der Waals surface area contributed by atoms with E-state index in [0.29, 0.717) is 24.9 Å². The number of pyridine rings is 1. The summed E-state index contributed by atoms with van der Waals surface area (Å²) in [6, 6.07) is 3.92. The zero-order valence-electron chi connectivity index (χ0n) is 12.6. The van der Waals surface area contributed by atoms with Crippen LogP contribution in [0, 0.1) is 0 Å². The standard InChI is InChI=1S/C15H21ClN2O2S/c1-4-19-15(20-5-2)10(3)17-8-11-9-21-12-6-7-13(16)18-14(11)12/h6-7,9-10,15,17H,4-5,8H2,1-3H3. The van der Waals surface area contributed by atoms with Crippen LogP contribution in [0.3, 0.4) is 0 Å². The largest absolute Gasteiger partial charge is 0.351 e. The van der Waals surface area contributed by atoms with Gasteiger partial charge in [0.2, 0.25) is 0 Å². The number of aromatic nitrogens is 1. The molecule has 4 nitrogen and oxygen atoms in total. The third-order valence-corrected chi connectivity index (χ3v) is 4.34. The van der Waals surface area contributed by atoms with Crippen LogP contribution in [0.4, 0.5) is 0 Å². The molecule has 1 unspecified atom stereocenters. The lowest BCUT2D eigenvalue weighted by Crippen LogP contribution is -2.40. The molecule has 0 amide bonds. The topological polar surface area (TPSA) is 43.4 Å². The lowest BCUT2D eigenvalue weighted by molar-refractivity contribution is -0.151. The molecule has 0 aliphatic carbocycles. The van der Waals surface area contributed by atoms with Gasteiger partial charge in [0, 0.05) is 25.3 Å². The molecule has 116 valence electrons. The van der Waals surface area contributed by atoms with E-state index in [-0.39, 0.29) is 12.3 Å². The van der Waals surface area contributed by atoms with E-state index in [0.717, 1.165) is 15.8 Å². The summed E-state index contributed by atoms with van der Waals surface area (Å²) in [7, 11) is 0. The highest BCUT2D eigenvalue weighted by Gasteiger charge is 2.17. The smallest absolute Gasteiger partial charge is 0.172 e. The van der Waals surface area contributed by atoms with Crippen molar-refractivity contribution in [2.75, 3.05) is 13.2 Å². The molecule has 21 heavy (non-hydrogen) atoms. The van der Waals surface area contributed by atoms with E-state index in [1.165, 1.54) is 0 Å². The van der Waals surface area contributed by atoms with Gasteiger partial charge in [0.1, 0.15) is 5.15 Å². The van der Waals surface area contributed by atoms with Gasteiger partial charge in [-0.05, 0) is 38.3 Å². The summed E-state index contributed by atoms with van der Waals surface area (Å²) >= 11 is 7.66. The van der Waals surface area contributed by atoms with Crippen LogP contribution >= 0.6 is 22.9 Å². The van der Waals surface area contributed by atoms with Crippen molar-refractivity contribution in [1.82, 2.24) is 10.3 Å². The fraction of sp³-hybridized carbons (Fsp3) is 0.533. The van der Waals surface area contributed by atoms with Crippen LogP contribution in [-0.4, -0.2) is 30.5 Å². The molecule has 1 N–H and O–H groups in total. The first-order chi connectivity index (χ1) is 10.2. The summed E-state index contributed by atoms with van der Waals surface area (Å²) in [6.07, 6.45) is -0.235. The summed E-state index contributed by atoms with van der Waals surface area (Å²) in [4.78, 5) is 4.40. The number of fused-ring (bicyclic) bond motifs is 1. The molecule has 0 saturated heterocycles. The van der Waals surface area contributed by atoms with Gasteiger partial charge < -0.3 is 14.8 Å². The Kier molecular flexibility index (Phi) is 6.39. The second-order valence-corrected chi connectivity index (χ2v) is 5.99.